The minimum absolute atomic E-state index is 0.178. The smallest absolute Gasteiger partial charge is 0.249 e. The number of rotatable bonds is 5. The van der Waals surface area contributed by atoms with Gasteiger partial charge in [0.25, 0.3) is 0 Å². The molecular weight excluding hydrogens is 360 g/mol. The first-order chi connectivity index (χ1) is 12.5. The molecule has 4 nitrogen and oxygen atoms in total. The normalized spacial score (nSPS) is 11.0. The summed E-state index contributed by atoms with van der Waals surface area (Å²) in [6.07, 6.45) is 4.34. The lowest BCUT2D eigenvalue weighted by Gasteiger charge is -2.03. The summed E-state index contributed by atoms with van der Waals surface area (Å²) < 4.78 is 28.0. The second kappa shape index (κ2) is 7.93. The maximum absolute atomic E-state index is 13.7. The third-order valence-electron chi connectivity index (χ3n) is 3.55. The lowest BCUT2D eigenvalue weighted by molar-refractivity contribution is -0.111. The summed E-state index contributed by atoms with van der Waals surface area (Å²) in [6.45, 7) is 0.188. The minimum atomic E-state index is -0.438. The third-order valence-corrected chi connectivity index (χ3v) is 3.82. The van der Waals surface area contributed by atoms with Crippen molar-refractivity contribution in [2.75, 3.05) is 5.32 Å². The van der Waals surface area contributed by atoms with Crippen LogP contribution in [0.3, 0.4) is 0 Å². The van der Waals surface area contributed by atoms with E-state index in [4.69, 9.17) is 11.6 Å². The fraction of sp³-hybridized carbons (Fsp3) is 0.0526. The molecular formula is C19H14ClF2N3O. The van der Waals surface area contributed by atoms with Crippen LogP contribution in [0.15, 0.2) is 60.8 Å². The number of benzene rings is 2. The number of carbonyl (C=O) groups excluding carboxylic acids is 1. The zero-order valence-electron chi connectivity index (χ0n) is 13.5. The Morgan fingerprint density at radius 3 is 2.62 bits per heavy atom. The van der Waals surface area contributed by atoms with Crippen LogP contribution in [0.2, 0.25) is 5.02 Å². The van der Waals surface area contributed by atoms with Crippen molar-refractivity contribution in [1.29, 1.82) is 0 Å². The molecule has 132 valence electrons. The van der Waals surface area contributed by atoms with Crippen molar-refractivity contribution in [1.82, 2.24) is 9.78 Å². The van der Waals surface area contributed by atoms with Gasteiger partial charge in [-0.3, -0.25) is 9.48 Å². The molecule has 3 aromatic rings. The van der Waals surface area contributed by atoms with Gasteiger partial charge < -0.3 is 5.32 Å². The Kier molecular flexibility index (Phi) is 5.43. The van der Waals surface area contributed by atoms with Crippen LogP contribution in [-0.4, -0.2) is 15.7 Å². The Morgan fingerprint density at radius 1 is 1.15 bits per heavy atom. The second-order valence-electron chi connectivity index (χ2n) is 5.49. The number of halogens is 3. The van der Waals surface area contributed by atoms with E-state index in [0.29, 0.717) is 11.1 Å². The Balaban J connectivity index is 1.66. The van der Waals surface area contributed by atoms with Gasteiger partial charge in [-0.05, 0) is 29.8 Å². The van der Waals surface area contributed by atoms with Gasteiger partial charge in [0.1, 0.15) is 16.7 Å². The first-order valence-corrected chi connectivity index (χ1v) is 8.10. The van der Waals surface area contributed by atoms with E-state index in [1.54, 1.807) is 36.4 Å². The van der Waals surface area contributed by atoms with E-state index in [-0.39, 0.29) is 29.0 Å². The van der Waals surface area contributed by atoms with Gasteiger partial charge in [0.2, 0.25) is 5.91 Å². The molecule has 0 aliphatic rings. The molecule has 0 aliphatic heterocycles. The number of amides is 1. The highest BCUT2D eigenvalue weighted by molar-refractivity contribution is 6.33. The topological polar surface area (TPSA) is 46.9 Å². The Morgan fingerprint density at radius 2 is 1.88 bits per heavy atom. The monoisotopic (exact) mass is 373 g/mol. The highest BCUT2D eigenvalue weighted by Crippen LogP contribution is 2.20. The minimum Gasteiger partial charge on any atom is -0.304 e. The van der Waals surface area contributed by atoms with Crippen LogP contribution in [0, 0.1) is 11.6 Å². The summed E-state index contributed by atoms with van der Waals surface area (Å²) in [4.78, 5) is 12.0. The zero-order valence-corrected chi connectivity index (χ0v) is 14.3. The van der Waals surface area contributed by atoms with E-state index in [1.807, 2.05) is 0 Å². The van der Waals surface area contributed by atoms with Crippen LogP contribution < -0.4 is 5.32 Å². The largest absolute Gasteiger partial charge is 0.304 e. The predicted molar refractivity (Wildman–Crippen MR) is 96.8 cm³/mol. The summed E-state index contributed by atoms with van der Waals surface area (Å²) in [6, 6.07) is 12.1. The molecule has 0 radical (unpaired) electrons. The van der Waals surface area contributed by atoms with Crippen LogP contribution >= 0.6 is 11.6 Å². The van der Waals surface area contributed by atoms with Crippen molar-refractivity contribution in [2.45, 2.75) is 6.54 Å². The van der Waals surface area contributed by atoms with Gasteiger partial charge in [-0.25, -0.2) is 8.78 Å². The van der Waals surface area contributed by atoms with E-state index in [0.717, 1.165) is 0 Å². The van der Waals surface area contributed by atoms with Gasteiger partial charge in [-0.15, -0.1) is 0 Å². The number of hydrogen-bond donors (Lipinski definition) is 1. The molecule has 7 heteroatoms. The SMILES string of the molecule is O=C(/C=C/c1ccc(F)cc1)Nc1nn(Cc2ccccc2F)cc1Cl. The number of hydrogen-bond acceptors (Lipinski definition) is 2. The van der Waals surface area contributed by atoms with Crippen molar-refractivity contribution >= 4 is 29.4 Å². The predicted octanol–water partition coefficient (Wildman–Crippen LogP) is 4.51. The van der Waals surface area contributed by atoms with Gasteiger partial charge in [-0.1, -0.05) is 41.9 Å². The second-order valence-corrected chi connectivity index (χ2v) is 5.90. The number of nitrogens with one attached hydrogen (secondary N) is 1. The van der Waals surface area contributed by atoms with Gasteiger partial charge in [0.05, 0.1) is 6.54 Å². The van der Waals surface area contributed by atoms with Crippen molar-refractivity contribution in [3.05, 3.63) is 88.6 Å². The van der Waals surface area contributed by atoms with E-state index >= 15 is 0 Å². The summed E-state index contributed by atoms with van der Waals surface area (Å²) >= 11 is 6.07. The molecule has 0 spiro atoms. The summed E-state index contributed by atoms with van der Waals surface area (Å²) in [5, 5.41) is 6.95. The van der Waals surface area contributed by atoms with Crippen molar-refractivity contribution < 1.29 is 13.6 Å². The fourth-order valence-electron chi connectivity index (χ4n) is 2.27. The van der Waals surface area contributed by atoms with E-state index in [2.05, 4.69) is 10.4 Å². The van der Waals surface area contributed by atoms with Crippen molar-refractivity contribution in [3.63, 3.8) is 0 Å². The van der Waals surface area contributed by atoms with Crippen molar-refractivity contribution in [2.24, 2.45) is 0 Å². The molecule has 0 aliphatic carbocycles. The van der Waals surface area contributed by atoms with Crippen LogP contribution in [-0.2, 0) is 11.3 Å². The molecule has 0 fully saturated rings. The lowest BCUT2D eigenvalue weighted by atomic mass is 10.2. The fourth-order valence-corrected chi connectivity index (χ4v) is 2.47. The number of nitrogens with zero attached hydrogens (tertiary/aromatic N) is 2. The van der Waals surface area contributed by atoms with E-state index in [1.165, 1.54) is 35.2 Å². The maximum Gasteiger partial charge on any atom is 0.249 e. The highest BCUT2D eigenvalue weighted by Gasteiger charge is 2.10. The molecule has 2 aromatic carbocycles. The van der Waals surface area contributed by atoms with Crippen LogP contribution in [0.4, 0.5) is 14.6 Å². The molecule has 1 amide bonds. The Hall–Kier alpha value is -2.99. The maximum atomic E-state index is 13.7. The molecule has 0 saturated carbocycles. The van der Waals surface area contributed by atoms with E-state index in [9.17, 15) is 13.6 Å². The van der Waals surface area contributed by atoms with Crippen LogP contribution in [0.5, 0.6) is 0 Å². The first-order valence-electron chi connectivity index (χ1n) is 7.72. The molecule has 26 heavy (non-hydrogen) atoms. The lowest BCUT2D eigenvalue weighted by Crippen LogP contribution is -2.10. The molecule has 1 N–H and O–H groups in total. The molecule has 3 rings (SSSR count). The average Bonchev–Trinajstić information content (AvgIpc) is 2.95. The third kappa shape index (κ3) is 4.55. The van der Waals surface area contributed by atoms with Gasteiger partial charge in [0.15, 0.2) is 5.82 Å². The van der Waals surface area contributed by atoms with Crippen LogP contribution in [0.1, 0.15) is 11.1 Å². The molecule has 0 unspecified atom stereocenters. The average molecular weight is 374 g/mol. The Bertz CT molecular complexity index is 952. The highest BCUT2D eigenvalue weighted by atomic mass is 35.5. The Labute approximate surface area is 153 Å². The van der Waals surface area contributed by atoms with Crippen molar-refractivity contribution in [3.8, 4) is 0 Å². The quantitative estimate of drug-likeness (QED) is 0.669. The van der Waals surface area contributed by atoms with Gasteiger partial charge in [-0.2, -0.15) is 5.10 Å². The molecule has 0 saturated heterocycles. The summed E-state index contributed by atoms with van der Waals surface area (Å²) in [7, 11) is 0. The molecule has 0 atom stereocenters. The zero-order chi connectivity index (χ0) is 18.5. The summed E-state index contributed by atoms with van der Waals surface area (Å²) in [5.74, 6) is -0.949. The molecule has 1 aromatic heterocycles. The number of anilines is 1. The number of aromatic nitrogens is 2. The van der Waals surface area contributed by atoms with E-state index < -0.39 is 5.91 Å². The summed E-state index contributed by atoms with van der Waals surface area (Å²) in [5.41, 5.74) is 1.14. The molecule has 0 bridgehead atoms. The van der Waals surface area contributed by atoms with Gasteiger partial charge in [0, 0.05) is 17.8 Å². The standard InChI is InChI=1S/C19H14ClF2N3O/c20-16-12-25(11-14-3-1-2-4-17(14)22)24-19(16)23-18(26)10-7-13-5-8-15(21)9-6-13/h1-10,12H,11H2,(H,23,24,26)/b10-7+. The number of carbonyl (C=O) groups is 1. The first kappa shape index (κ1) is 17.8. The molecule has 1 heterocycles. The van der Waals surface area contributed by atoms with Gasteiger partial charge >= 0.3 is 0 Å². The van der Waals surface area contributed by atoms with Crippen LogP contribution in [0.25, 0.3) is 6.08 Å².